The molecule has 0 bridgehead atoms. The van der Waals surface area contributed by atoms with E-state index in [4.69, 9.17) is 0 Å². The van der Waals surface area contributed by atoms with Crippen LogP contribution >= 0.6 is 55.0 Å². The first-order valence-corrected chi connectivity index (χ1v) is 8.83. The number of rotatable bonds is 1. The second kappa shape index (κ2) is 5.63. The van der Waals surface area contributed by atoms with Crippen molar-refractivity contribution in [2.75, 3.05) is 12.3 Å². The van der Waals surface area contributed by atoms with E-state index in [0.717, 1.165) is 25.4 Å². The standard InChI is InChI=1S/C11H13Br2NOS2/c1-6-7(2)16-4-3-14(6)11(15)9-5-8(12)10(13)17-9/h5-7H,3-4H2,1-2H3. The fraction of sp³-hybridized carbons (Fsp3) is 0.545. The van der Waals surface area contributed by atoms with Crippen molar-refractivity contribution in [3.8, 4) is 0 Å². The van der Waals surface area contributed by atoms with E-state index in [-0.39, 0.29) is 5.91 Å². The lowest BCUT2D eigenvalue weighted by Crippen LogP contribution is -2.47. The lowest BCUT2D eigenvalue weighted by atomic mass is 10.2. The lowest BCUT2D eigenvalue weighted by Gasteiger charge is -2.37. The Labute approximate surface area is 126 Å². The van der Waals surface area contributed by atoms with Gasteiger partial charge in [0, 0.05) is 28.1 Å². The van der Waals surface area contributed by atoms with Crippen LogP contribution in [-0.4, -0.2) is 34.4 Å². The van der Waals surface area contributed by atoms with Crippen LogP contribution in [0.2, 0.25) is 0 Å². The van der Waals surface area contributed by atoms with Crippen molar-refractivity contribution in [2.45, 2.75) is 25.1 Å². The first-order valence-electron chi connectivity index (χ1n) is 5.38. The minimum Gasteiger partial charge on any atom is -0.333 e. The van der Waals surface area contributed by atoms with Gasteiger partial charge in [-0.25, -0.2) is 0 Å². The molecule has 6 heteroatoms. The minimum atomic E-state index is 0.154. The highest BCUT2D eigenvalue weighted by molar-refractivity contribution is 9.13. The molecule has 2 nitrogen and oxygen atoms in total. The van der Waals surface area contributed by atoms with Gasteiger partial charge in [0.25, 0.3) is 5.91 Å². The average molecular weight is 399 g/mol. The van der Waals surface area contributed by atoms with E-state index in [1.165, 1.54) is 11.3 Å². The first-order chi connectivity index (χ1) is 8.00. The molecule has 0 N–H and O–H groups in total. The molecule has 0 aromatic carbocycles. The smallest absolute Gasteiger partial charge is 0.264 e. The summed E-state index contributed by atoms with van der Waals surface area (Å²) in [6.07, 6.45) is 0. The maximum absolute atomic E-state index is 12.4. The summed E-state index contributed by atoms with van der Waals surface area (Å²) >= 11 is 10.3. The zero-order chi connectivity index (χ0) is 12.6. The lowest BCUT2D eigenvalue weighted by molar-refractivity contribution is 0.0703. The second-order valence-electron chi connectivity index (χ2n) is 4.05. The van der Waals surface area contributed by atoms with Gasteiger partial charge in [0.1, 0.15) is 0 Å². The summed E-state index contributed by atoms with van der Waals surface area (Å²) < 4.78 is 1.94. The van der Waals surface area contributed by atoms with Crippen LogP contribution < -0.4 is 0 Å². The van der Waals surface area contributed by atoms with Gasteiger partial charge in [0.15, 0.2) is 0 Å². The van der Waals surface area contributed by atoms with E-state index in [0.29, 0.717) is 11.3 Å². The van der Waals surface area contributed by atoms with Crippen LogP contribution in [0.5, 0.6) is 0 Å². The van der Waals surface area contributed by atoms with Gasteiger partial charge in [-0.05, 0) is 44.8 Å². The van der Waals surface area contributed by atoms with Crippen molar-refractivity contribution in [1.29, 1.82) is 0 Å². The van der Waals surface area contributed by atoms with Crippen LogP contribution in [0.4, 0.5) is 0 Å². The normalized spacial score (nSPS) is 25.1. The molecule has 17 heavy (non-hydrogen) atoms. The van der Waals surface area contributed by atoms with Crippen molar-refractivity contribution in [3.05, 3.63) is 19.2 Å². The molecule has 94 valence electrons. The van der Waals surface area contributed by atoms with Gasteiger partial charge >= 0.3 is 0 Å². The van der Waals surface area contributed by atoms with Crippen LogP contribution in [0.1, 0.15) is 23.5 Å². The number of amides is 1. The summed E-state index contributed by atoms with van der Waals surface area (Å²) in [6, 6.07) is 2.21. The Bertz CT molecular complexity index is 416. The largest absolute Gasteiger partial charge is 0.333 e. The van der Waals surface area contributed by atoms with Crippen molar-refractivity contribution >= 4 is 60.9 Å². The number of halogens is 2. The summed E-state index contributed by atoms with van der Waals surface area (Å²) in [6.45, 7) is 5.17. The third-order valence-corrected chi connectivity index (χ3v) is 7.58. The predicted molar refractivity (Wildman–Crippen MR) is 82.1 cm³/mol. The first kappa shape index (κ1) is 13.9. The number of hydrogen-bond donors (Lipinski definition) is 0. The third kappa shape index (κ3) is 2.91. The van der Waals surface area contributed by atoms with Crippen molar-refractivity contribution in [3.63, 3.8) is 0 Å². The number of thiophene rings is 1. The van der Waals surface area contributed by atoms with Crippen LogP contribution in [-0.2, 0) is 0 Å². The van der Waals surface area contributed by atoms with E-state index < -0.39 is 0 Å². The van der Waals surface area contributed by atoms with Gasteiger partial charge in [-0.2, -0.15) is 11.8 Å². The molecule has 2 unspecified atom stereocenters. The highest BCUT2D eigenvalue weighted by Gasteiger charge is 2.30. The van der Waals surface area contributed by atoms with E-state index in [9.17, 15) is 4.79 Å². The third-order valence-electron chi connectivity index (χ3n) is 3.00. The molecule has 1 aromatic heterocycles. The Morgan fingerprint density at radius 3 is 2.76 bits per heavy atom. The Morgan fingerprint density at radius 1 is 1.47 bits per heavy atom. The molecule has 1 amide bonds. The number of thioether (sulfide) groups is 1. The van der Waals surface area contributed by atoms with Crippen LogP contribution in [0.25, 0.3) is 0 Å². The van der Waals surface area contributed by atoms with Crippen LogP contribution in [0.3, 0.4) is 0 Å². The Balaban J connectivity index is 2.19. The number of hydrogen-bond acceptors (Lipinski definition) is 3. The molecule has 1 fully saturated rings. The molecular formula is C11H13Br2NOS2. The molecule has 0 spiro atoms. The summed E-state index contributed by atoms with van der Waals surface area (Å²) in [4.78, 5) is 15.2. The molecule has 0 aliphatic carbocycles. The quantitative estimate of drug-likeness (QED) is 0.705. The maximum Gasteiger partial charge on any atom is 0.264 e. The van der Waals surface area contributed by atoms with E-state index in [1.54, 1.807) is 0 Å². The molecule has 1 aliphatic heterocycles. The zero-order valence-corrected chi connectivity index (χ0v) is 14.4. The maximum atomic E-state index is 12.4. The molecule has 2 atom stereocenters. The van der Waals surface area contributed by atoms with Crippen molar-refractivity contribution < 1.29 is 4.79 Å². The summed E-state index contributed by atoms with van der Waals surface area (Å²) in [7, 11) is 0. The molecule has 2 rings (SSSR count). The Hall–Kier alpha value is 0.480. The molecular weight excluding hydrogens is 386 g/mol. The average Bonchev–Trinajstić information content (AvgIpc) is 2.62. The van der Waals surface area contributed by atoms with Gasteiger partial charge in [-0.3, -0.25) is 4.79 Å². The topological polar surface area (TPSA) is 20.3 Å². The van der Waals surface area contributed by atoms with Gasteiger partial charge in [-0.15, -0.1) is 11.3 Å². The molecule has 0 saturated carbocycles. The van der Waals surface area contributed by atoms with E-state index in [1.807, 2.05) is 22.7 Å². The summed E-state index contributed by atoms with van der Waals surface area (Å²) in [5.74, 6) is 1.19. The fourth-order valence-electron chi connectivity index (χ4n) is 1.81. The number of carbonyl (C=O) groups excluding carboxylic acids is 1. The Morgan fingerprint density at radius 2 is 2.18 bits per heavy atom. The zero-order valence-electron chi connectivity index (χ0n) is 9.57. The molecule has 1 aliphatic rings. The number of nitrogens with zero attached hydrogens (tertiary/aromatic N) is 1. The monoisotopic (exact) mass is 397 g/mol. The predicted octanol–water partition coefficient (Wildman–Crippen LogP) is 4.24. The van der Waals surface area contributed by atoms with Gasteiger partial charge < -0.3 is 4.90 Å². The van der Waals surface area contributed by atoms with Gasteiger partial charge in [0.2, 0.25) is 0 Å². The summed E-state index contributed by atoms with van der Waals surface area (Å²) in [5, 5.41) is 0.513. The van der Waals surface area contributed by atoms with Crippen molar-refractivity contribution in [2.24, 2.45) is 0 Å². The Kier molecular flexibility index (Phi) is 4.61. The van der Waals surface area contributed by atoms with Crippen LogP contribution in [0.15, 0.2) is 14.3 Å². The molecule has 0 radical (unpaired) electrons. The molecule has 1 aromatic rings. The second-order valence-corrected chi connectivity index (χ2v) is 8.76. The van der Waals surface area contributed by atoms with Gasteiger partial charge in [-0.1, -0.05) is 6.92 Å². The van der Waals surface area contributed by atoms with Gasteiger partial charge in [0.05, 0.1) is 8.66 Å². The number of carbonyl (C=O) groups is 1. The SMILES string of the molecule is CC1SCCN(C(=O)c2cc(Br)c(Br)s2)C1C. The highest BCUT2D eigenvalue weighted by atomic mass is 79.9. The van der Waals surface area contributed by atoms with Crippen molar-refractivity contribution in [1.82, 2.24) is 4.90 Å². The van der Waals surface area contributed by atoms with E-state index >= 15 is 0 Å². The van der Waals surface area contributed by atoms with E-state index in [2.05, 4.69) is 45.7 Å². The molecule has 1 saturated heterocycles. The fourth-order valence-corrected chi connectivity index (χ4v) is 4.90. The molecule has 2 heterocycles. The summed E-state index contributed by atoms with van der Waals surface area (Å²) in [5.41, 5.74) is 0. The van der Waals surface area contributed by atoms with Crippen LogP contribution in [0, 0.1) is 0 Å². The highest BCUT2D eigenvalue weighted by Crippen LogP contribution is 2.34. The minimum absolute atomic E-state index is 0.154.